The van der Waals surface area contributed by atoms with E-state index in [2.05, 4.69) is 4.98 Å². The molecule has 0 saturated heterocycles. The first-order valence-corrected chi connectivity index (χ1v) is 6.30. The van der Waals surface area contributed by atoms with Gasteiger partial charge in [-0.1, -0.05) is 6.07 Å². The van der Waals surface area contributed by atoms with Crippen molar-refractivity contribution in [3.8, 4) is 11.5 Å². The number of benzene rings is 1. The zero-order chi connectivity index (χ0) is 14.8. The van der Waals surface area contributed by atoms with Crippen LogP contribution in [0.5, 0.6) is 11.5 Å². The highest BCUT2D eigenvalue weighted by Gasteiger charge is 2.33. The monoisotopic (exact) mass is 301 g/mol. The van der Waals surface area contributed by atoms with E-state index < -0.39 is 11.7 Å². The number of rotatable bonds is 3. The Morgan fingerprint density at radius 2 is 1.85 bits per heavy atom. The van der Waals surface area contributed by atoms with Crippen molar-refractivity contribution in [1.29, 1.82) is 0 Å². The molecule has 20 heavy (non-hydrogen) atoms. The van der Waals surface area contributed by atoms with Crippen molar-refractivity contribution in [3.63, 3.8) is 0 Å². The summed E-state index contributed by atoms with van der Waals surface area (Å²) in [5.41, 5.74) is 0.0319. The minimum atomic E-state index is -4.46. The number of hydrogen-bond acceptors (Lipinski definition) is 2. The molecule has 2 nitrogen and oxygen atoms in total. The highest BCUT2D eigenvalue weighted by atomic mass is 35.5. The van der Waals surface area contributed by atoms with Gasteiger partial charge in [0.1, 0.15) is 11.5 Å². The maximum Gasteiger partial charge on any atom is 0.416 e. The van der Waals surface area contributed by atoms with Gasteiger partial charge in [0.25, 0.3) is 0 Å². The lowest BCUT2D eigenvalue weighted by atomic mass is 10.1. The molecule has 0 unspecified atom stereocenters. The number of nitrogens with zero attached hydrogens (tertiary/aromatic N) is 1. The normalized spacial score (nSPS) is 11.4. The maximum absolute atomic E-state index is 12.9. The molecule has 0 amide bonds. The molecule has 0 aliphatic carbocycles. The topological polar surface area (TPSA) is 22.1 Å². The maximum atomic E-state index is 12.9. The molecule has 0 spiro atoms. The summed E-state index contributed by atoms with van der Waals surface area (Å²) in [6, 6.07) is 7.06. The van der Waals surface area contributed by atoms with Gasteiger partial charge in [0.2, 0.25) is 0 Å². The van der Waals surface area contributed by atoms with Crippen LogP contribution in [0.1, 0.15) is 16.8 Å². The van der Waals surface area contributed by atoms with E-state index in [-0.39, 0.29) is 17.2 Å². The van der Waals surface area contributed by atoms with Crippen molar-refractivity contribution in [2.24, 2.45) is 0 Å². The Morgan fingerprint density at radius 3 is 2.40 bits per heavy atom. The third-order valence-corrected chi connectivity index (χ3v) is 2.94. The van der Waals surface area contributed by atoms with Crippen molar-refractivity contribution >= 4 is 11.6 Å². The third-order valence-electron chi connectivity index (χ3n) is 2.65. The molecule has 2 rings (SSSR count). The van der Waals surface area contributed by atoms with E-state index in [1.54, 1.807) is 19.1 Å². The van der Waals surface area contributed by atoms with E-state index in [1.807, 2.05) is 0 Å². The Labute approximate surface area is 119 Å². The minimum absolute atomic E-state index is 0.0218. The smallest absolute Gasteiger partial charge is 0.416 e. The Hall–Kier alpha value is -1.75. The molecule has 0 saturated carbocycles. The first kappa shape index (κ1) is 14.7. The molecule has 0 aliphatic rings. The summed E-state index contributed by atoms with van der Waals surface area (Å²) in [5, 5.41) is 0. The fourth-order valence-electron chi connectivity index (χ4n) is 1.65. The summed E-state index contributed by atoms with van der Waals surface area (Å²) < 4.78 is 44.0. The van der Waals surface area contributed by atoms with E-state index in [0.717, 1.165) is 11.8 Å². The summed E-state index contributed by atoms with van der Waals surface area (Å²) in [6.07, 6.45) is -3.01. The van der Waals surface area contributed by atoms with Crippen LogP contribution in [0.15, 0.2) is 36.5 Å². The second kappa shape index (κ2) is 5.71. The van der Waals surface area contributed by atoms with Gasteiger partial charge in [-0.15, -0.1) is 11.6 Å². The number of halogens is 4. The van der Waals surface area contributed by atoms with E-state index in [1.165, 1.54) is 18.3 Å². The summed E-state index contributed by atoms with van der Waals surface area (Å²) in [7, 11) is 0. The quantitative estimate of drug-likeness (QED) is 0.749. The van der Waals surface area contributed by atoms with Crippen LogP contribution in [0.3, 0.4) is 0 Å². The van der Waals surface area contributed by atoms with Gasteiger partial charge in [0, 0.05) is 11.6 Å². The van der Waals surface area contributed by atoms with E-state index in [9.17, 15) is 13.2 Å². The van der Waals surface area contributed by atoms with Crippen LogP contribution in [0.4, 0.5) is 13.2 Å². The van der Waals surface area contributed by atoms with Gasteiger partial charge in [-0.2, -0.15) is 13.2 Å². The van der Waals surface area contributed by atoms with Crippen LogP contribution < -0.4 is 4.74 Å². The molecule has 0 radical (unpaired) electrons. The van der Waals surface area contributed by atoms with Crippen molar-refractivity contribution < 1.29 is 17.9 Å². The zero-order valence-electron chi connectivity index (χ0n) is 10.5. The molecule has 2 aromatic rings. The predicted octanol–water partition coefficient (Wildman–Crippen LogP) is 4.94. The first-order valence-electron chi connectivity index (χ1n) is 5.77. The molecular formula is C14H11ClF3NO. The molecule has 0 N–H and O–H groups in total. The highest BCUT2D eigenvalue weighted by Crippen LogP contribution is 2.36. The summed E-state index contributed by atoms with van der Waals surface area (Å²) >= 11 is 5.52. The third kappa shape index (κ3) is 3.42. The summed E-state index contributed by atoms with van der Waals surface area (Å²) in [6.45, 7) is 1.81. The summed E-state index contributed by atoms with van der Waals surface area (Å²) in [4.78, 5) is 4.01. The van der Waals surface area contributed by atoms with Gasteiger partial charge in [-0.25, -0.2) is 0 Å². The fraction of sp³-hybridized carbons (Fsp3) is 0.214. The van der Waals surface area contributed by atoms with Crippen molar-refractivity contribution in [2.75, 3.05) is 0 Å². The lowest BCUT2D eigenvalue weighted by Crippen LogP contribution is -2.08. The fourth-order valence-corrected chi connectivity index (χ4v) is 1.88. The van der Waals surface area contributed by atoms with Gasteiger partial charge in [0.05, 0.1) is 11.8 Å². The van der Waals surface area contributed by atoms with Crippen LogP contribution in [-0.4, -0.2) is 4.98 Å². The van der Waals surface area contributed by atoms with Crippen molar-refractivity contribution in [2.45, 2.75) is 19.0 Å². The van der Waals surface area contributed by atoms with Crippen LogP contribution >= 0.6 is 11.6 Å². The highest BCUT2D eigenvalue weighted by molar-refractivity contribution is 6.17. The van der Waals surface area contributed by atoms with Crippen LogP contribution in [0.2, 0.25) is 0 Å². The molecule has 1 aromatic carbocycles. The van der Waals surface area contributed by atoms with Gasteiger partial charge in [-0.3, -0.25) is 4.98 Å². The summed E-state index contributed by atoms with van der Waals surface area (Å²) in [5.74, 6) is 0.264. The number of aromatic nitrogens is 1. The Morgan fingerprint density at radius 1 is 1.15 bits per heavy atom. The predicted molar refractivity (Wildman–Crippen MR) is 70.0 cm³/mol. The van der Waals surface area contributed by atoms with Crippen molar-refractivity contribution in [1.82, 2.24) is 4.98 Å². The average Bonchev–Trinajstić information content (AvgIpc) is 2.40. The second-order valence-electron chi connectivity index (χ2n) is 4.19. The molecule has 6 heteroatoms. The van der Waals surface area contributed by atoms with Gasteiger partial charge < -0.3 is 4.74 Å². The van der Waals surface area contributed by atoms with E-state index in [4.69, 9.17) is 16.3 Å². The van der Waals surface area contributed by atoms with Crippen LogP contribution in [-0.2, 0) is 12.1 Å². The SMILES string of the molecule is Cc1ccc(Oc2ccc(CCl)c(C(F)(F)F)c2)cn1. The van der Waals surface area contributed by atoms with Crippen LogP contribution in [0.25, 0.3) is 0 Å². The molecule has 1 heterocycles. The molecule has 106 valence electrons. The van der Waals surface area contributed by atoms with Gasteiger partial charge in [0.15, 0.2) is 0 Å². The van der Waals surface area contributed by atoms with Gasteiger partial charge in [-0.05, 0) is 36.8 Å². The minimum Gasteiger partial charge on any atom is -0.456 e. The molecule has 0 bridgehead atoms. The Balaban J connectivity index is 2.31. The molecule has 0 aliphatic heterocycles. The van der Waals surface area contributed by atoms with E-state index in [0.29, 0.717) is 5.75 Å². The van der Waals surface area contributed by atoms with Gasteiger partial charge >= 0.3 is 6.18 Å². The molecule has 0 atom stereocenters. The Kier molecular flexibility index (Phi) is 4.18. The molecule has 0 fully saturated rings. The van der Waals surface area contributed by atoms with E-state index >= 15 is 0 Å². The standard InChI is InChI=1S/C14H11ClF3NO/c1-9-2-4-12(8-19-9)20-11-5-3-10(7-15)13(6-11)14(16,17)18/h2-6,8H,7H2,1H3. The number of pyridine rings is 1. The lowest BCUT2D eigenvalue weighted by Gasteiger charge is -2.13. The molecular weight excluding hydrogens is 291 g/mol. The number of alkyl halides is 4. The average molecular weight is 302 g/mol. The zero-order valence-corrected chi connectivity index (χ0v) is 11.3. The van der Waals surface area contributed by atoms with Crippen LogP contribution in [0, 0.1) is 6.92 Å². The second-order valence-corrected chi connectivity index (χ2v) is 4.45. The lowest BCUT2D eigenvalue weighted by molar-refractivity contribution is -0.138. The number of aryl methyl sites for hydroxylation is 1. The largest absolute Gasteiger partial charge is 0.456 e. The number of ether oxygens (including phenoxy) is 1. The Bertz CT molecular complexity index is 596. The first-order chi connectivity index (χ1) is 9.40. The van der Waals surface area contributed by atoms with Crippen molar-refractivity contribution in [3.05, 3.63) is 53.3 Å². The molecule has 1 aromatic heterocycles. The number of hydrogen-bond donors (Lipinski definition) is 0.